The Balaban J connectivity index is 1.57. The highest BCUT2D eigenvalue weighted by atomic mass is 32.1. The zero-order valence-corrected chi connectivity index (χ0v) is 18.2. The average molecular weight is 426 g/mol. The second-order valence-corrected chi connectivity index (χ2v) is 8.79. The van der Waals surface area contributed by atoms with E-state index in [0.29, 0.717) is 33.6 Å². The lowest BCUT2D eigenvalue weighted by Crippen LogP contribution is -2.21. The van der Waals surface area contributed by atoms with Crippen LogP contribution in [0.25, 0.3) is 0 Å². The number of anilines is 2. The standard InChI is InChI=1S/C22H23N3O2S2/c1-13(2)19-12-23-22(29-19)25-20(26)11-15-5-7-16(8-6-15)24-21(27)17-10-14(3)4-9-18(17)28/h4-8,10,12-13H,9,11H2,1-3H3,(H,24,27)(H,23,25,26). The molecule has 3 rings (SSSR count). The van der Waals surface area contributed by atoms with Gasteiger partial charge in [0.15, 0.2) is 5.13 Å². The molecule has 0 saturated heterocycles. The van der Waals surface area contributed by atoms with Gasteiger partial charge in [0.25, 0.3) is 5.91 Å². The first kappa shape index (κ1) is 21.1. The van der Waals surface area contributed by atoms with Gasteiger partial charge in [-0.1, -0.05) is 49.8 Å². The lowest BCUT2D eigenvalue weighted by molar-refractivity contribution is -0.115. The Bertz CT molecular complexity index is 1000. The summed E-state index contributed by atoms with van der Waals surface area (Å²) in [5.74, 6) is 0.0589. The van der Waals surface area contributed by atoms with Crippen LogP contribution in [0.4, 0.5) is 10.8 Å². The van der Waals surface area contributed by atoms with E-state index < -0.39 is 0 Å². The summed E-state index contributed by atoms with van der Waals surface area (Å²) >= 11 is 6.78. The number of thiocarbonyl (C=S) groups is 1. The lowest BCUT2D eigenvalue weighted by atomic mass is 9.99. The van der Waals surface area contributed by atoms with Crippen molar-refractivity contribution in [3.8, 4) is 0 Å². The molecule has 7 heteroatoms. The molecule has 0 bridgehead atoms. The quantitative estimate of drug-likeness (QED) is 0.637. The Labute approximate surface area is 179 Å². The fourth-order valence-corrected chi connectivity index (χ4v) is 3.86. The first-order valence-electron chi connectivity index (χ1n) is 9.39. The third kappa shape index (κ3) is 5.68. The normalized spacial score (nSPS) is 13.7. The van der Waals surface area contributed by atoms with Crippen LogP contribution in [0.3, 0.4) is 0 Å². The number of nitrogens with one attached hydrogen (secondary N) is 2. The van der Waals surface area contributed by atoms with E-state index in [2.05, 4.69) is 29.5 Å². The molecule has 0 radical (unpaired) electrons. The summed E-state index contributed by atoms with van der Waals surface area (Å²) in [6, 6.07) is 7.23. The van der Waals surface area contributed by atoms with E-state index >= 15 is 0 Å². The highest BCUT2D eigenvalue weighted by molar-refractivity contribution is 7.81. The van der Waals surface area contributed by atoms with Crippen molar-refractivity contribution in [3.63, 3.8) is 0 Å². The summed E-state index contributed by atoms with van der Waals surface area (Å²) in [6.07, 6.45) is 6.47. The van der Waals surface area contributed by atoms with E-state index in [1.807, 2.05) is 31.2 Å². The van der Waals surface area contributed by atoms with Gasteiger partial charge in [-0.15, -0.1) is 11.3 Å². The van der Waals surface area contributed by atoms with Crippen molar-refractivity contribution in [2.75, 3.05) is 10.6 Å². The molecule has 2 amide bonds. The Morgan fingerprint density at radius 1 is 1.21 bits per heavy atom. The van der Waals surface area contributed by atoms with Crippen LogP contribution in [-0.2, 0) is 16.0 Å². The molecule has 0 spiro atoms. The highest BCUT2D eigenvalue weighted by Crippen LogP contribution is 2.25. The molecular weight excluding hydrogens is 402 g/mol. The largest absolute Gasteiger partial charge is 0.322 e. The van der Waals surface area contributed by atoms with Gasteiger partial charge < -0.3 is 10.6 Å². The molecule has 0 aliphatic heterocycles. The van der Waals surface area contributed by atoms with Gasteiger partial charge in [-0.3, -0.25) is 9.59 Å². The number of rotatable bonds is 6. The van der Waals surface area contributed by atoms with Crippen LogP contribution in [0.5, 0.6) is 0 Å². The van der Waals surface area contributed by atoms with E-state index in [4.69, 9.17) is 12.2 Å². The van der Waals surface area contributed by atoms with Crippen molar-refractivity contribution in [2.24, 2.45) is 0 Å². The Kier molecular flexibility index (Phi) is 6.71. The molecule has 1 aromatic heterocycles. The first-order valence-corrected chi connectivity index (χ1v) is 10.6. The Morgan fingerprint density at radius 2 is 1.93 bits per heavy atom. The van der Waals surface area contributed by atoms with Crippen molar-refractivity contribution in [1.29, 1.82) is 0 Å². The minimum absolute atomic E-state index is 0.119. The summed E-state index contributed by atoms with van der Waals surface area (Å²) in [4.78, 5) is 30.8. The molecule has 1 aromatic carbocycles. The Hall–Kier alpha value is -2.64. The molecule has 0 atom stereocenters. The van der Waals surface area contributed by atoms with Crippen molar-refractivity contribution in [1.82, 2.24) is 4.98 Å². The topological polar surface area (TPSA) is 71.1 Å². The van der Waals surface area contributed by atoms with E-state index in [1.165, 1.54) is 11.3 Å². The Morgan fingerprint density at radius 3 is 2.59 bits per heavy atom. The van der Waals surface area contributed by atoms with Crippen LogP contribution < -0.4 is 10.6 Å². The van der Waals surface area contributed by atoms with Crippen molar-refractivity contribution in [3.05, 3.63) is 64.2 Å². The van der Waals surface area contributed by atoms with Gasteiger partial charge in [-0.25, -0.2) is 4.98 Å². The molecule has 29 heavy (non-hydrogen) atoms. The summed E-state index contributed by atoms with van der Waals surface area (Å²) in [5, 5.41) is 6.32. The van der Waals surface area contributed by atoms with Gasteiger partial charge >= 0.3 is 0 Å². The molecule has 1 aliphatic rings. The number of carbonyl (C=O) groups excluding carboxylic acids is 2. The zero-order chi connectivity index (χ0) is 21.0. The van der Waals surface area contributed by atoms with Crippen LogP contribution in [0.15, 0.2) is 53.8 Å². The summed E-state index contributed by atoms with van der Waals surface area (Å²) in [7, 11) is 0. The first-order chi connectivity index (χ1) is 13.8. The van der Waals surface area contributed by atoms with E-state index in [0.717, 1.165) is 16.0 Å². The molecule has 0 unspecified atom stereocenters. The number of amides is 2. The number of carbonyl (C=O) groups is 2. The number of aromatic nitrogens is 1. The zero-order valence-electron chi connectivity index (χ0n) is 16.6. The number of allylic oxidation sites excluding steroid dienone is 3. The second-order valence-electron chi connectivity index (χ2n) is 7.23. The minimum atomic E-state index is -0.210. The van der Waals surface area contributed by atoms with Gasteiger partial charge in [0.05, 0.1) is 12.0 Å². The van der Waals surface area contributed by atoms with E-state index in [9.17, 15) is 9.59 Å². The van der Waals surface area contributed by atoms with Gasteiger partial charge in [-0.2, -0.15) is 0 Å². The number of nitrogens with zero attached hydrogens (tertiary/aromatic N) is 1. The van der Waals surface area contributed by atoms with Crippen LogP contribution in [0, 0.1) is 0 Å². The maximum Gasteiger partial charge on any atom is 0.256 e. The average Bonchev–Trinajstić information content (AvgIpc) is 3.14. The van der Waals surface area contributed by atoms with Crippen molar-refractivity contribution < 1.29 is 9.59 Å². The van der Waals surface area contributed by atoms with Gasteiger partial charge in [-0.05, 0) is 36.6 Å². The smallest absolute Gasteiger partial charge is 0.256 e. The fourth-order valence-electron chi connectivity index (χ4n) is 2.79. The molecule has 1 aliphatic carbocycles. The molecule has 0 fully saturated rings. The monoisotopic (exact) mass is 425 g/mol. The van der Waals surface area contributed by atoms with E-state index in [-0.39, 0.29) is 18.2 Å². The molecular formula is C22H23N3O2S2. The third-order valence-electron chi connectivity index (χ3n) is 4.44. The fraction of sp³-hybridized carbons (Fsp3) is 0.273. The van der Waals surface area contributed by atoms with Crippen LogP contribution in [0.1, 0.15) is 43.6 Å². The van der Waals surface area contributed by atoms with E-state index in [1.54, 1.807) is 18.3 Å². The predicted molar refractivity (Wildman–Crippen MR) is 123 cm³/mol. The van der Waals surface area contributed by atoms with Crippen molar-refractivity contribution in [2.45, 2.75) is 39.5 Å². The maximum atomic E-state index is 12.5. The maximum absolute atomic E-state index is 12.5. The van der Waals surface area contributed by atoms with Crippen LogP contribution in [-0.4, -0.2) is 21.7 Å². The number of thiazole rings is 1. The van der Waals surface area contributed by atoms with Crippen molar-refractivity contribution >= 4 is 51.1 Å². The molecule has 0 saturated carbocycles. The molecule has 5 nitrogen and oxygen atoms in total. The summed E-state index contributed by atoms with van der Waals surface area (Å²) < 4.78 is 0. The summed E-state index contributed by atoms with van der Waals surface area (Å²) in [5.41, 5.74) is 3.09. The number of hydrogen-bond donors (Lipinski definition) is 2. The number of benzene rings is 1. The summed E-state index contributed by atoms with van der Waals surface area (Å²) in [6.45, 7) is 6.13. The van der Waals surface area contributed by atoms with Gasteiger partial charge in [0.2, 0.25) is 5.91 Å². The minimum Gasteiger partial charge on any atom is -0.322 e. The second kappa shape index (κ2) is 9.24. The number of hydrogen-bond acceptors (Lipinski definition) is 5. The SMILES string of the molecule is CC1=CCC(=S)C(C(=O)Nc2ccc(CC(=O)Nc3ncc(C(C)C)s3)cc2)=C1. The lowest BCUT2D eigenvalue weighted by Gasteiger charge is -2.13. The molecule has 2 aromatic rings. The van der Waals surface area contributed by atoms with Gasteiger partial charge in [0, 0.05) is 28.0 Å². The highest BCUT2D eigenvalue weighted by Gasteiger charge is 2.17. The van der Waals surface area contributed by atoms with Gasteiger partial charge in [0.1, 0.15) is 0 Å². The predicted octanol–water partition coefficient (Wildman–Crippen LogP) is 5.03. The third-order valence-corrected chi connectivity index (χ3v) is 6.04. The van der Waals surface area contributed by atoms with Crippen LogP contribution >= 0.6 is 23.6 Å². The molecule has 1 heterocycles. The molecule has 150 valence electrons. The van der Waals surface area contributed by atoms with Crippen LogP contribution in [0.2, 0.25) is 0 Å². The molecule has 2 N–H and O–H groups in total.